The second-order valence-electron chi connectivity index (χ2n) is 4.61. The maximum Gasteiger partial charge on any atom is 0.326 e. The molecule has 0 saturated carbocycles. The molecule has 0 bridgehead atoms. The lowest BCUT2D eigenvalue weighted by Crippen LogP contribution is -2.46. The Morgan fingerprint density at radius 3 is 2.44 bits per heavy atom. The number of aliphatic carboxylic acids is 1. The number of carbonyl (C=O) groups excluding carboxylic acids is 1. The van der Waals surface area contributed by atoms with E-state index in [9.17, 15) is 9.59 Å². The van der Waals surface area contributed by atoms with E-state index in [1.165, 1.54) is 0 Å². The molecule has 0 rings (SSSR count). The number of carboxylic acid groups (broad SMARTS) is 1. The number of thioether (sulfide) groups is 1. The maximum absolute atomic E-state index is 11.5. The fourth-order valence-electron chi connectivity index (χ4n) is 1.41. The summed E-state index contributed by atoms with van der Waals surface area (Å²) in [6.45, 7) is 4.84. The molecule has 0 aliphatic rings. The van der Waals surface area contributed by atoms with Gasteiger partial charge in [-0.15, -0.1) is 0 Å². The van der Waals surface area contributed by atoms with Crippen LogP contribution in [0.1, 0.15) is 33.1 Å². The molecule has 6 heteroatoms. The van der Waals surface area contributed by atoms with Gasteiger partial charge in [0.25, 0.3) is 0 Å². The quantitative estimate of drug-likeness (QED) is 0.562. The predicted octanol–water partition coefficient (Wildman–Crippen LogP) is 1.93. The first-order valence-electron chi connectivity index (χ1n) is 6.23. The van der Waals surface area contributed by atoms with Crippen molar-refractivity contribution in [3.63, 3.8) is 0 Å². The summed E-state index contributed by atoms with van der Waals surface area (Å²) in [4.78, 5) is 22.4. The van der Waals surface area contributed by atoms with E-state index < -0.39 is 18.0 Å². The maximum atomic E-state index is 11.5. The number of carboxylic acids is 1. The van der Waals surface area contributed by atoms with Crippen LogP contribution in [-0.4, -0.2) is 41.7 Å². The zero-order chi connectivity index (χ0) is 14.0. The second-order valence-corrected chi connectivity index (χ2v) is 5.59. The zero-order valence-electron chi connectivity index (χ0n) is 11.4. The summed E-state index contributed by atoms with van der Waals surface area (Å²) in [7, 11) is 0. The molecule has 0 aromatic heterocycles. The Morgan fingerprint density at radius 1 is 1.28 bits per heavy atom. The van der Waals surface area contributed by atoms with Crippen LogP contribution in [0.5, 0.6) is 0 Å². The Labute approximate surface area is 113 Å². The van der Waals surface area contributed by atoms with Gasteiger partial charge in [-0.25, -0.2) is 9.59 Å². The molecule has 5 nitrogen and oxygen atoms in total. The first-order valence-corrected chi connectivity index (χ1v) is 7.62. The van der Waals surface area contributed by atoms with Gasteiger partial charge in [0.2, 0.25) is 0 Å². The Hall–Kier alpha value is -0.910. The van der Waals surface area contributed by atoms with E-state index in [-0.39, 0.29) is 0 Å². The van der Waals surface area contributed by atoms with Crippen LogP contribution >= 0.6 is 11.8 Å². The van der Waals surface area contributed by atoms with E-state index in [1.54, 1.807) is 11.8 Å². The third kappa shape index (κ3) is 9.15. The molecule has 18 heavy (non-hydrogen) atoms. The van der Waals surface area contributed by atoms with Gasteiger partial charge in [0.15, 0.2) is 0 Å². The van der Waals surface area contributed by atoms with Crippen LogP contribution in [0, 0.1) is 5.92 Å². The van der Waals surface area contributed by atoms with Crippen LogP contribution in [0.15, 0.2) is 0 Å². The number of urea groups is 1. The molecule has 0 heterocycles. The molecule has 0 saturated heterocycles. The van der Waals surface area contributed by atoms with Crippen molar-refractivity contribution in [3.05, 3.63) is 0 Å². The monoisotopic (exact) mass is 276 g/mol. The Balaban J connectivity index is 3.84. The Bertz CT molecular complexity index is 260. The molecule has 0 aromatic rings. The molecule has 0 radical (unpaired) electrons. The Kier molecular flexibility index (Phi) is 9.55. The number of hydrogen-bond acceptors (Lipinski definition) is 3. The molecule has 0 aliphatic carbocycles. The van der Waals surface area contributed by atoms with Crippen molar-refractivity contribution in [1.29, 1.82) is 0 Å². The summed E-state index contributed by atoms with van der Waals surface area (Å²) in [6, 6.07) is -1.20. The predicted molar refractivity (Wildman–Crippen MR) is 75.0 cm³/mol. The highest BCUT2D eigenvalue weighted by Gasteiger charge is 2.18. The standard InChI is InChI=1S/C12H24N2O3S/c1-9(2)5-4-7-13-12(17)14-10(11(15)16)6-8-18-3/h9-10H,4-8H2,1-3H3,(H,15,16)(H2,13,14,17)/t10-/m0/s1. The van der Waals surface area contributed by atoms with Gasteiger partial charge in [-0.3, -0.25) is 0 Å². The van der Waals surface area contributed by atoms with Gasteiger partial charge in [-0.1, -0.05) is 13.8 Å². The lowest BCUT2D eigenvalue weighted by atomic mass is 10.1. The normalized spacial score (nSPS) is 12.2. The van der Waals surface area contributed by atoms with Crippen molar-refractivity contribution in [3.8, 4) is 0 Å². The lowest BCUT2D eigenvalue weighted by molar-refractivity contribution is -0.139. The SMILES string of the molecule is CSCC[C@H](NC(=O)NCCCC(C)C)C(=O)O. The van der Waals surface area contributed by atoms with Gasteiger partial charge in [-0.2, -0.15) is 11.8 Å². The van der Waals surface area contributed by atoms with E-state index in [0.29, 0.717) is 24.6 Å². The molecule has 0 aliphatic heterocycles. The minimum absolute atomic E-state index is 0.396. The van der Waals surface area contributed by atoms with E-state index in [1.807, 2.05) is 6.26 Å². The van der Waals surface area contributed by atoms with Crippen molar-refractivity contribution in [2.24, 2.45) is 5.92 Å². The minimum atomic E-state index is -0.985. The van der Waals surface area contributed by atoms with Gasteiger partial charge >= 0.3 is 12.0 Å². The largest absolute Gasteiger partial charge is 0.480 e. The van der Waals surface area contributed by atoms with Crippen LogP contribution in [0.2, 0.25) is 0 Å². The Morgan fingerprint density at radius 2 is 1.94 bits per heavy atom. The average molecular weight is 276 g/mol. The van der Waals surface area contributed by atoms with E-state index >= 15 is 0 Å². The van der Waals surface area contributed by atoms with Crippen molar-refractivity contribution >= 4 is 23.8 Å². The molecule has 0 spiro atoms. The van der Waals surface area contributed by atoms with Crippen molar-refractivity contribution < 1.29 is 14.7 Å². The van der Waals surface area contributed by atoms with Crippen LogP contribution in [0.25, 0.3) is 0 Å². The molecular formula is C12H24N2O3S. The fraction of sp³-hybridized carbons (Fsp3) is 0.833. The van der Waals surface area contributed by atoms with Crippen molar-refractivity contribution in [2.45, 2.75) is 39.2 Å². The summed E-state index contributed by atoms with van der Waals surface area (Å²) < 4.78 is 0. The highest BCUT2D eigenvalue weighted by molar-refractivity contribution is 7.98. The van der Waals surface area contributed by atoms with Gasteiger partial charge < -0.3 is 15.7 Å². The lowest BCUT2D eigenvalue weighted by Gasteiger charge is -2.14. The van der Waals surface area contributed by atoms with Crippen LogP contribution in [0.3, 0.4) is 0 Å². The molecule has 0 aromatic carbocycles. The van der Waals surface area contributed by atoms with Crippen LogP contribution in [0.4, 0.5) is 4.79 Å². The minimum Gasteiger partial charge on any atom is -0.480 e. The third-order valence-electron chi connectivity index (χ3n) is 2.46. The molecule has 0 fully saturated rings. The number of amides is 2. The summed E-state index contributed by atoms with van der Waals surface area (Å²) in [5.74, 6) is 0.342. The summed E-state index contributed by atoms with van der Waals surface area (Å²) in [5.41, 5.74) is 0. The van der Waals surface area contributed by atoms with Gasteiger partial charge in [0.1, 0.15) is 6.04 Å². The average Bonchev–Trinajstić information content (AvgIpc) is 2.29. The van der Waals surface area contributed by atoms with Crippen LogP contribution in [-0.2, 0) is 4.79 Å². The molecule has 106 valence electrons. The highest BCUT2D eigenvalue weighted by Crippen LogP contribution is 2.02. The number of carbonyl (C=O) groups is 2. The topological polar surface area (TPSA) is 78.4 Å². The second kappa shape index (κ2) is 10.1. The van der Waals surface area contributed by atoms with Crippen molar-refractivity contribution in [1.82, 2.24) is 10.6 Å². The van der Waals surface area contributed by atoms with Crippen LogP contribution < -0.4 is 10.6 Å². The highest BCUT2D eigenvalue weighted by atomic mass is 32.2. The van der Waals surface area contributed by atoms with E-state index in [0.717, 1.165) is 12.8 Å². The first kappa shape index (κ1) is 17.1. The van der Waals surface area contributed by atoms with E-state index in [2.05, 4.69) is 24.5 Å². The number of rotatable bonds is 9. The fourth-order valence-corrected chi connectivity index (χ4v) is 1.89. The van der Waals surface area contributed by atoms with E-state index in [4.69, 9.17) is 5.11 Å². The van der Waals surface area contributed by atoms with Crippen molar-refractivity contribution in [2.75, 3.05) is 18.6 Å². The van der Waals surface area contributed by atoms with Gasteiger partial charge in [0.05, 0.1) is 0 Å². The zero-order valence-corrected chi connectivity index (χ0v) is 12.2. The molecule has 3 N–H and O–H groups in total. The third-order valence-corrected chi connectivity index (χ3v) is 3.10. The smallest absolute Gasteiger partial charge is 0.326 e. The number of hydrogen-bond donors (Lipinski definition) is 3. The summed E-state index contributed by atoms with van der Waals surface area (Å²) in [5, 5.41) is 14.1. The molecular weight excluding hydrogens is 252 g/mol. The molecule has 0 unspecified atom stereocenters. The summed E-state index contributed by atoms with van der Waals surface area (Å²) in [6.07, 6.45) is 4.31. The first-order chi connectivity index (χ1) is 8.47. The molecule has 2 amide bonds. The number of nitrogens with one attached hydrogen (secondary N) is 2. The van der Waals surface area contributed by atoms with Gasteiger partial charge in [0, 0.05) is 6.54 Å². The summed E-state index contributed by atoms with van der Waals surface area (Å²) >= 11 is 1.56. The van der Waals surface area contributed by atoms with Gasteiger partial charge in [-0.05, 0) is 37.2 Å². The molecule has 1 atom stereocenters.